The van der Waals surface area contributed by atoms with Crippen molar-refractivity contribution in [3.8, 4) is 0 Å². The fourth-order valence-electron chi connectivity index (χ4n) is 0.762. The zero-order valence-electron chi connectivity index (χ0n) is 7.11. The average molecular weight is 215 g/mol. The van der Waals surface area contributed by atoms with Gasteiger partial charge in [0.05, 0.1) is 5.69 Å². The number of carboxylic acid groups (broad SMARTS) is 1. The van der Waals surface area contributed by atoms with Crippen molar-refractivity contribution < 1.29 is 9.90 Å². The van der Waals surface area contributed by atoms with Crippen molar-refractivity contribution in [3.05, 3.63) is 23.2 Å². The van der Waals surface area contributed by atoms with E-state index in [0.29, 0.717) is 10.6 Å². The molecule has 0 saturated heterocycles. The monoisotopic (exact) mass is 215 g/mol. The van der Waals surface area contributed by atoms with Gasteiger partial charge in [0, 0.05) is 5.75 Å². The lowest BCUT2D eigenvalue weighted by Gasteiger charge is -1.87. The van der Waals surface area contributed by atoms with Crippen molar-refractivity contribution in [2.45, 2.75) is 11.3 Å². The second-order valence-corrected chi connectivity index (χ2v) is 4.57. The number of carboxylic acids is 1. The molecule has 0 saturated carbocycles. The fourth-order valence-corrected chi connectivity index (χ4v) is 2.55. The summed E-state index contributed by atoms with van der Waals surface area (Å²) in [6.07, 6.45) is 1.77. The molecule has 0 aliphatic carbocycles. The summed E-state index contributed by atoms with van der Waals surface area (Å²) in [6.45, 7) is 5.29. The third-order valence-electron chi connectivity index (χ3n) is 1.30. The highest BCUT2D eigenvalue weighted by Gasteiger charge is 2.13. The summed E-state index contributed by atoms with van der Waals surface area (Å²) in [4.78, 5) is 15.1. The highest BCUT2D eigenvalue weighted by atomic mass is 32.2. The smallest absolute Gasteiger partial charge is 0.347 e. The van der Waals surface area contributed by atoms with Crippen LogP contribution < -0.4 is 0 Å². The first kappa shape index (κ1) is 10.3. The van der Waals surface area contributed by atoms with Crippen LogP contribution in [-0.4, -0.2) is 21.8 Å². The molecule has 0 bridgehead atoms. The van der Waals surface area contributed by atoms with Gasteiger partial charge in [0.15, 0.2) is 4.34 Å². The molecular formula is C8H9NO2S2. The van der Waals surface area contributed by atoms with E-state index < -0.39 is 5.97 Å². The molecular weight excluding hydrogens is 206 g/mol. The van der Waals surface area contributed by atoms with E-state index in [4.69, 9.17) is 5.11 Å². The quantitative estimate of drug-likeness (QED) is 0.619. The molecule has 0 spiro atoms. The summed E-state index contributed by atoms with van der Waals surface area (Å²) in [5, 5.41) is 8.75. The van der Waals surface area contributed by atoms with Gasteiger partial charge in [0.2, 0.25) is 0 Å². The standard InChI is InChI=1S/C8H9NO2S2/c1-3-4-12-8-9-5(2)6(13-8)7(10)11/h3H,1,4H2,2H3,(H,10,11). The molecule has 0 radical (unpaired) electrons. The number of carbonyl (C=O) groups is 1. The molecule has 1 aromatic rings. The topological polar surface area (TPSA) is 50.2 Å². The van der Waals surface area contributed by atoms with Crippen molar-refractivity contribution in [2.75, 3.05) is 5.75 Å². The highest BCUT2D eigenvalue weighted by molar-refractivity contribution is 8.01. The Morgan fingerprint density at radius 1 is 1.85 bits per heavy atom. The van der Waals surface area contributed by atoms with Crippen molar-refractivity contribution in [3.63, 3.8) is 0 Å². The summed E-state index contributed by atoms with van der Waals surface area (Å²) < 4.78 is 0.787. The molecule has 0 unspecified atom stereocenters. The highest BCUT2D eigenvalue weighted by Crippen LogP contribution is 2.26. The number of nitrogens with zero attached hydrogens (tertiary/aromatic N) is 1. The largest absolute Gasteiger partial charge is 0.477 e. The number of aromatic carboxylic acids is 1. The Morgan fingerprint density at radius 3 is 3.00 bits per heavy atom. The van der Waals surface area contributed by atoms with Crippen LogP contribution in [0.4, 0.5) is 0 Å². The fraction of sp³-hybridized carbons (Fsp3) is 0.250. The van der Waals surface area contributed by atoms with Crippen LogP contribution in [-0.2, 0) is 0 Å². The molecule has 0 aliphatic heterocycles. The molecule has 0 aliphatic rings. The minimum Gasteiger partial charge on any atom is -0.477 e. The second kappa shape index (κ2) is 4.43. The molecule has 1 N–H and O–H groups in total. The summed E-state index contributed by atoms with van der Waals surface area (Å²) in [7, 11) is 0. The van der Waals surface area contributed by atoms with Crippen LogP contribution in [0.2, 0.25) is 0 Å². The number of aromatic nitrogens is 1. The predicted octanol–water partition coefficient (Wildman–Crippen LogP) is 2.43. The lowest BCUT2D eigenvalue weighted by atomic mass is 10.4. The van der Waals surface area contributed by atoms with Gasteiger partial charge in [-0.25, -0.2) is 9.78 Å². The van der Waals surface area contributed by atoms with Crippen LogP contribution in [0.1, 0.15) is 15.4 Å². The molecule has 3 nitrogen and oxygen atoms in total. The predicted molar refractivity (Wildman–Crippen MR) is 54.7 cm³/mol. The van der Waals surface area contributed by atoms with E-state index >= 15 is 0 Å². The zero-order chi connectivity index (χ0) is 9.84. The Morgan fingerprint density at radius 2 is 2.54 bits per heavy atom. The van der Waals surface area contributed by atoms with Gasteiger partial charge in [0.1, 0.15) is 4.88 Å². The van der Waals surface area contributed by atoms with E-state index in [1.807, 2.05) is 0 Å². The van der Waals surface area contributed by atoms with Crippen LogP contribution in [0, 0.1) is 6.92 Å². The Hall–Kier alpha value is -0.810. The van der Waals surface area contributed by atoms with Gasteiger partial charge < -0.3 is 5.11 Å². The van der Waals surface area contributed by atoms with Gasteiger partial charge in [-0.3, -0.25) is 0 Å². The number of hydrogen-bond donors (Lipinski definition) is 1. The van der Waals surface area contributed by atoms with Gasteiger partial charge in [0.25, 0.3) is 0 Å². The molecule has 13 heavy (non-hydrogen) atoms. The average Bonchev–Trinajstić information content (AvgIpc) is 2.43. The van der Waals surface area contributed by atoms with E-state index in [9.17, 15) is 4.79 Å². The minimum absolute atomic E-state index is 0.326. The summed E-state index contributed by atoms with van der Waals surface area (Å²) in [6, 6.07) is 0. The Kier molecular flexibility index (Phi) is 3.50. The van der Waals surface area contributed by atoms with Gasteiger partial charge >= 0.3 is 5.97 Å². The van der Waals surface area contributed by atoms with E-state index in [2.05, 4.69) is 11.6 Å². The Balaban J connectivity index is 2.82. The molecule has 0 aromatic carbocycles. The first-order valence-corrected chi connectivity index (χ1v) is 5.39. The van der Waals surface area contributed by atoms with E-state index in [-0.39, 0.29) is 0 Å². The van der Waals surface area contributed by atoms with Crippen LogP contribution in [0.3, 0.4) is 0 Å². The molecule has 0 amide bonds. The molecule has 1 rings (SSSR count). The number of rotatable bonds is 4. The van der Waals surface area contributed by atoms with Gasteiger partial charge in [-0.15, -0.1) is 17.9 Å². The number of thioether (sulfide) groups is 1. The summed E-state index contributed by atoms with van der Waals surface area (Å²) in [5.41, 5.74) is 0.587. The van der Waals surface area contributed by atoms with Crippen LogP contribution in [0.25, 0.3) is 0 Å². The van der Waals surface area contributed by atoms with Crippen molar-refractivity contribution >= 4 is 29.1 Å². The molecule has 0 fully saturated rings. The van der Waals surface area contributed by atoms with Gasteiger partial charge in [-0.05, 0) is 6.92 Å². The molecule has 1 heterocycles. The lowest BCUT2D eigenvalue weighted by Crippen LogP contribution is -1.94. The maximum absolute atomic E-state index is 10.6. The molecule has 1 aromatic heterocycles. The number of thiazole rings is 1. The SMILES string of the molecule is C=CCSc1nc(C)c(C(=O)O)s1. The molecule has 70 valence electrons. The zero-order valence-corrected chi connectivity index (χ0v) is 8.74. The first-order valence-electron chi connectivity index (χ1n) is 3.59. The normalized spacial score (nSPS) is 9.92. The van der Waals surface area contributed by atoms with Gasteiger partial charge in [-0.1, -0.05) is 17.8 Å². The second-order valence-electron chi connectivity index (χ2n) is 2.30. The van der Waals surface area contributed by atoms with E-state index in [1.54, 1.807) is 13.0 Å². The van der Waals surface area contributed by atoms with E-state index in [0.717, 1.165) is 10.1 Å². The lowest BCUT2D eigenvalue weighted by molar-refractivity contribution is 0.0701. The van der Waals surface area contributed by atoms with Gasteiger partial charge in [-0.2, -0.15) is 0 Å². The number of aryl methyl sites for hydroxylation is 1. The van der Waals surface area contributed by atoms with Crippen molar-refractivity contribution in [1.82, 2.24) is 4.98 Å². The van der Waals surface area contributed by atoms with Crippen LogP contribution in [0.15, 0.2) is 17.0 Å². The minimum atomic E-state index is -0.902. The van der Waals surface area contributed by atoms with Crippen molar-refractivity contribution in [2.24, 2.45) is 0 Å². The van der Waals surface area contributed by atoms with Crippen molar-refractivity contribution in [1.29, 1.82) is 0 Å². The Labute approximate surface area is 84.5 Å². The summed E-state index contributed by atoms with van der Waals surface area (Å²) in [5.74, 6) is -0.146. The third kappa shape index (κ3) is 2.57. The van der Waals surface area contributed by atoms with Crippen LogP contribution >= 0.6 is 23.1 Å². The maximum atomic E-state index is 10.6. The van der Waals surface area contributed by atoms with E-state index in [1.165, 1.54) is 23.1 Å². The van der Waals surface area contributed by atoms with Crippen LogP contribution in [0.5, 0.6) is 0 Å². The molecule has 0 atom stereocenters. The molecule has 5 heteroatoms. The first-order chi connectivity index (χ1) is 6.15. The summed E-state index contributed by atoms with van der Waals surface area (Å²) >= 11 is 2.71. The third-order valence-corrected chi connectivity index (χ3v) is 3.58. The Bertz CT molecular complexity index is 333. The maximum Gasteiger partial charge on any atom is 0.347 e. The number of hydrogen-bond acceptors (Lipinski definition) is 4.